The number of hydrogen-bond acceptors (Lipinski definition) is 4. The van der Waals surface area contributed by atoms with Gasteiger partial charge in [0.25, 0.3) is 5.91 Å². The Bertz CT molecular complexity index is 1020. The highest BCUT2D eigenvalue weighted by Gasteiger charge is 2.17. The van der Waals surface area contributed by atoms with Crippen LogP contribution in [0.15, 0.2) is 66.9 Å². The van der Waals surface area contributed by atoms with Crippen LogP contribution in [0.25, 0.3) is 0 Å². The van der Waals surface area contributed by atoms with Crippen LogP contribution < -0.4 is 15.5 Å². The lowest BCUT2D eigenvalue weighted by molar-refractivity contribution is -0.114. The number of carbonyl (C=O) groups is 2. The highest BCUT2D eigenvalue weighted by Crippen LogP contribution is 2.21. The average molecular weight is 388 g/mol. The fraction of sp³-hybridized carbons (Fsp3) is 0.174. The van der Waals surface area contributed by atoms with Crippen molar-refractivity contribution in [2.24, 2.45) is 0 Å². The molecule has 2 N–H and O–H groups in total. The summed E-state index contributed by atoms with van der Waals surface area (Å²) in [5, 5.41) is 5.98. The first-order valence-corrected chi connectivity index (χ1v) is 9.45. The van der Waals surface area contributed by atoms with Crippen LogP contribution in [-0.2, 0) is 4.79 Å². The quantitative estimate of drug-likeness (QED) is 0.638. The molecule has 0 saturated carbocycles. The maximum absolute atomic E-state index is 12.9. The van der Waals surface area contributed by atoms with Crippen LogP contribution in [0.4, 0.5) is 22.7 Å². The number of carbonyl (C=O) groups excluding carboxylic acids is 2. The average Bonchev–Trinajstić information content (AvgIpc) is 2.69. The molecule has 0 aliphatic rings. The zero-order valence-electron chi connectivity index (χ0n) is 16.8. The van der Waals surface area contributed by atoms with E-state index in [1.807, 2.05) is 68.4 Å². The molecule has 6 nitrogen and oxygen atoms in total. The van der Waals surface area contributed by atoms with Gasteiger partial charge >= 0.3 is 0 Å². The van der Waals surface area contributed by atoms with Crippen LogP contribution in [0.3, 0.4) is 0 Å². The second-order valence-electron chi connectivity index (χ2n) is 6.71. The maximum atomic E-state index is 12.9. The van der Waals surface area contributed by atoms with E-state index in [4.69, 9.17) is 0 Å². The Hall–Kier alpha value is -3.67. The summed E-state index contributed by atoms with van der Waals surface area (Å²) in [4.78, 5) is 30.2. The molecule has 0 aliphatic heterocycles. The van der Waals surface area contributed by atoms with Crippen molar-refractivity contribution in [3.8, 4) is 0 Å². The Labute approximate surface area is 170 Å². The minimum Gasteiger partial charge on any atom is -0.354 e. The Morgan fingerprint density at radius 3 is 2.38 bits per heavy atom. The van der Waals surface area contributed by atoms with Gasteiger partial charge in [0.2, 0.25) is 5.91 Å². The van der Waals surface area contributed by atoms with Crippen LogP contribution in [0.5, 0.6) is 0 Å². The molecule has 0 fully saturated rings. The van der Waals surface area contributed by atoms with Crippen LogP contribution in [0, 0.1) is 6.92 Å². The number of rotatable bonds is 6. The normalized spacial score (nSPS) is 10.3. The third-order valence-corrected chi connectivity index (χ3v) is 4.33. The fourth-order valence-corrected chi connectivity index (χ4v) is 3.02. The van der Waals surface area contributed by atoms with Crippen molar-refractivity contribution in [3.05, 3.63) is 78.1 Å². The minimum atomic E-state index is -0.141. The highest BCUT2D eigenvalue weighted by atomic mass is 16.2. The second kappa shape index (κ2) is 9.01. The molecule has 1 aromatic heterocycles. The first-order chi connectivity index (χ1) is 14.0. The third kappa shape index (κ3) is 5.19. The minimum absolute atomic E-state index is 0.124. The summed E-state index contributed by atoms with van der Waals surface area (Å²) < 4.78 is 0. The van der Waals surface area contributed by atoms with Crippen LogP contribution in [0.2, 0.25) is 0 Å². The Morgan fingerprint density at radius 1 is 0.966 bits per heavy atom. The third-order valence-electron chi connectivity index (χ3n) is 4.33. The van der Waals surface area contributed by atoms with E-state index >= 15 is 0 Å². The number of hydrogen-bond donors (Lipinski definition) is 2. The van der Waals surface area contributed by atoms with Gasteiger partial charge in [-0.05, 0) is 61.9 Å². The summed E-state index contributed by atoms with van der Waals surface area (Å²) in [6, 6.07) is 18.8. The lowest BCUT2D eigenvalue weighted by Crippen LogP contribution is -2.31. The van der Waals surface area contributed by atoms with E-state index in [-0.39, 0.29) is 11.8 Å². The summed E-state index contributed by atoms with van der Waals surface area (Å²) in [6.45, 7) is 5.97. The Kier molecular flexibility index (Phi) is 6.24. The lowest BCUT2D eigenvalue weighted by Gasteiger charge is -2.21. The smallest absolute Gasteiger partial charge is 0.276 e. The molecule has 2 aromatic carbocycles. The molecule has 3 aromatic rings. The van der Waals surface area contributed by atoms with Gasteiger partial charge in [-0.1, -0.05) is 18.2 Å². The maximum Gasteiger partial charge on any atom is 0.276 e. The van der Waals surface area contributed by atoms with Crippen molar-refractivity contribution in [1.29, 1.82) is 0 Å². The summed E-state index contributed by atoms with van der Waals surface area (Å²) >= 11 is 0. The molecule has 0 atom stereocenters. The van der Waals surface area contributed by atoms with Gasteiger partial charge in [0.1, 0.15) is 5.69 Å². The van der Waals surface area contributed by atoms with Crippen molar-refractivity contribution in [3.63, 3.8) is 0 Å². The molecule has 2 amide bonds. The van der Waals surface area contributed by atoms with Gasteiger partial charge in [0.15, 0.2) is 0 Å². The molecular formula is C23H24N4O2. The number of aryl methyl sites for hydroxylation is 1. The topological polar surface area (TPSA) is 74.3 Å². The molecule has 0 unspecified atom stereocenters. The number of pyridine rings is 1. The van der Waals surface area contributed by atoms with Gasteiger partial charge in [-0.2, -0.15) is 0 Å². The number of nitrogens with zero attached hydrogens (tertiary/aromatic N) is 2. The van der Waals surface area contributed by atoms with E-state index in [0.29, 0.717) is 17.9 Å². The standard InChI is InChI=1S/C23H24N4O2/c1-4-27(21-10-5-7-16(2)13-21)23(29)22-12-11-20(15-24-22)26-19-9-6-8-18(14-19)25-17(3)28/h5-15,26H,4H2,1-3H3,(H,25,28). The van der Waals surface area contributed by atoms with Crippen LogP contribution in [0.1, 0.15) is 29.9 Å². The van der Waals surface area contributed by atoms with E-state index < -0.39 is 0 Å². The van der Waals surface area contributed by atoms with Crippen molar-refractivity contribution in [2.45, 2.75) is 20.8 Å². The number of aromatic nitrogens is 1. The van der Waals surface area contributed by atoms with Gasteiger partial charge in [-0.25, -0.2) is 4.98 Å². The predicted octanol–water partition coefficient (Wildman–Crippen LogP) is 4.76. The molecule has 0 saturated heterocycles. The fourth-order valence-electron chi connectivity index (χ4n) is 3.02. The molecule has 0 radical (unpaired) electrons. The highest BCUT2D eigenvalue weighted by molar-refractivity contribution is 6.04. The van der Waals surface area contributed by atoms with E-state index in [1.54, 1.807) is 17.2 Å². The molecule has 0 bridgehead atoms. The van der Waals surface area contributed by atoms with E-state index in [9.17, 15) is 9.59 Å². The molecular weight excluding hydrogens is 364 g/mol. The van der Waals surface area contributed by atoms with Crippen LogP contribution >= 0.6 is 0 Å². The first kappa shape index (κ1) is 20.1. The second-order valence-corrected chi connectivity index (χ2v) is 6.71. The molecule has 3 rings (SSSR count). The number of amides is 2. The molecule has 148 valence electrons. The molecule has 0 spiro atoms. The zero-order chi connectivity index (χ0) is 20.8. The van der Waals surface area contributed by atoms with Crippen molar-refractivity contribution < 1.29 is 9.59 Å². The summed E-state index contributed by atoms with van der Waals surface area (Å²) in [5.41, 5.74) is 4.61. The SMILES string of the molecule is CCN(C(=O)c1ccc(Nc2cccc(NC(C)=O)c2)cn1)c1cccc(C)c1. The van der Waals surface area contributed by atoms with Crippen molar-refractivity contribution in [1.82, 2.24) is 4.98 Å². The Balaban J connectivity index is 1.74. The molecule has 0 aliphatic carbocycles. The molecule has 1 heterocycles. The van der Waals surface area contributed by atoms with Crippen molar-refractivity contribution in [2.75, 3.05) is 22.1 Å². The van der Waals surface area contributed by atoms with E-state index in [1.165, 1.54) is 6.92 Å². The number of nitrogens with one attached hydrogen (secondary N) is 2. The number of anilines is 4. The number of benzene rings is 2. The van der Waals surface area contributed by atoms with E-state index in [0.717, 1.165) is 22.6 Å². The van der Waals surface area contributed by atoms with Gasteiger partial charge in [-0.3, -0.25) is 9.59 Å². The largest absolute Gasteiger partial charge is 0.354 e. The summed E-state index contributed by atoms with van der Waals surface area (Å²) in [5.74, 6) is -0.266. The predicted molar refractivity (Wildman–Crippen MR) is 117 cm³/mol. The van der Waals surface area contributed by atoms with Gasteiger partial charge < -0.3 is 15.5 Å². The first-order valence-electron chi connectivity index (χ1n) is 9.45. The monoisotopic (exact) mass is 388 g/mol. The Morgan fingerprint density at radius 2 is 1.72 bits per heavy atom. The van der Waals surface area contributed by atoms with Gasteiger partial charge in [-0.15, -0.1) is 0 Å². The summed E-state index contributed by atoms with van der Waals surface area (Å²) in [6.07, 6.45) is 1.63. The summed E-state index contributed by atoms with van der Waals surface area (Å²) in [7, 11) is 0. The van der Waals surface area contributed by atoms with Gasteiger partial charge in [0, 0.05) is 30.5 Å². The van der Waals surface area contributed by atoms with Crippen molar-refractivity contribution >= 4 is 34.6 Å². The molecule has 29 heavy (non-hydrogen) atoms. The van der Waals surface area contributed by atoms with E-state index in [2.05, 4.69) is 15.6 Å². The van der Waals surface area contributed by atoms with Crippen LogP contribution in [-0.4, -0.2) is 23.3 Å². The lowest BCUT2D eigenvalue weighted by atomic mass is 10.2. The zero-order valence-corrected chi connectivity index (χ0v) is 16.8. The van der Waals surface area contributed by atoms with Gasteiger partial charge in [0.05, 0.1) is 11.9 Å². The molecule has 6 heteroatoms.